The highest BCUT2D eigenvalue weighted by molar-refractivity contribution is 9.08. The molecule has 0 unspecified atom stereocenters. The van der Waals surface area contributed by atoms with Crippen molar-refractivity contribution in [3.8, 4) is 0 Å². The number of halogens is 5. The Morgan fingerprint density at radius 3 is 1.63 bits per heavy atom. The van der Waals surface area contributed by atoms with E-state index in [2.05, 4.69) is 40.8 Å². The van der Waals surface area contributed by atoms with Crippen molar-refractivity contribution < 1.29 is 54.3 Å². The van der Waals surface area contributed by atoms with E-state index in [9.17, 15) is 37.5 Å². The number of rotatable bonds is 7. The van der Waals surface area contributed by atoms with Crippen molar-refractivity contribution in [2.24, 2.45) is 10.8 Å². The van der Waals surface area contributed by atoms with E-state index >= 15 is 8.78 Å². The molecule has 440 valence electrons. The lowest BCUT2D eigenvalue weighted by atomic mass is 9.97. The summed E-state index contributed by atoms with van der Waals surface area (Å²) in [4.78, 5) is 94.5. The summed E-state index contributed by atoms with van der Waals surface area (Å²) in [5.41, 5.74) is -0.907. The van der Waals surface area contributed by atoms with E-state index in [1.54, 1.807) is 78.1 Å². The van der Waals surface area contributed by atoms with Crippen LogP contribution in [0.15, 0.2) is 147 Å². The molecule has 0 spiro atoms. The van der Waals surface area contributed by atoms with Crippen LogP contribution in [-0.4, -0.2) is 50.6 Å². The number of benzene rings is 4. The fourth-order valence-electron chi connectivity index (χ4n) is 10.0. The molecule has 0 bridgehead atoms. The summed E-state index contributed by atoms with van der Waals surface area (Å²) >= 11 is 3.17. The number of H-pyrrole nitrogens is 1. The van der Waals surface area contributed by atoms with Crippen molar-refractivity contribution in [2.45, 2.75) is 66.9 Å². The molecule has 10 heterocycles. The fraction of sp³-hybridized carbons (Fsp3) is 0.194. The minimum absolute atomic E-state index is 0.0280. The largest absolute Gasteiger partial charge is 0.463 e. The Morgan fingerprint density at radius 1 is 0.575 bits per heavy atom. The maximum absolute atomic E-state index is 15.5. The van der Waals surface area contributed by atoms with Crippen LogP contribution in [0.2, 0.25) is 0 Å². The Hall–Kier alpha value is -10.3. The second-order valence-corrected chi connectivity index (χ2v) is 22.8. The van der Waals surface area contributed by atoms with Crippen molar-refractivity contribution in [3.63, 3.8) is 0 Å². The van der Waals surface area contributed by atoms with Gasteiger partial charge in [-0.05, 0) is 108 Å². The Bertz CT molecular complexity index is 5450. The van der Waals surface area contributed by atoms with Gasteiger partial charge in [-0.2, -0.15) is 0 Å². The van der Waals surface area contributed by atoms with E-state index in [1.807, 2.05) is 0 Å². The quantitative estimate of drug-likeness (QED) is 0.0884. The Balaban J connectivity index is 0.000000141. The summed E-state index contributed by atoms with van der Waals surface area (Å²) in [6.07, 6.45) is 8.23. The molecule has 14 rings (SSSR count). The molecule has 0 amide bonds. The van der Waals surface area contributed by atoms with Gasteiger partial charge in [-0.1, -0.05) is 15.9 Å². The van der Waals surface area contributed by atoms with Crippen LogP contribution in [0.3, 0.4) is 0 Å². The summed E-state index contributed by atoms with van der Waals surface area (Å²) < 4.78 is 94.5. The second-order valence-electron chi connectivity index (χ2n) is 22.3. The molecule has 0 fully saturated rings. The van der Waals surface area contributed by atoms with Crippen molar-refractivity contribution in [2.75, 3.05) is 0 Å². The molecular formula is C62H45BrF4N8O12. The molecule has 0 radical (unpaired) electrons. The zero-order chi connectivity index (χ0) is 61.5. The third kappa shape index (κ3) is 10.1. The molecule has 20 nitrogen and oxygen atoms in total. The number of pyridine rings is 2. The number of carbonyl (C=O) groups excluding carboxylic acids is 2. The second kappa shape index (κ2) is 21.6. The lowest BCUT2D eigenvalue weighted by molar-refractivity contribution is -0.157. The zero-order valence-corrected chi connectivity index (χ0v) is 48.2. The van der Waals surface area contributed by atoms with Crippen LogP contribution in [0, 0.1) is 34.1 Å². The molecule has 25 heteroatoms. The average molecular weight is 1250 g/mol. The molecule has 87 heavy (non-hydrogen) atoms. The van der Waals surface area contributed by atoms with E-state index in [0.717, 1.165) is 10.6 Å². The minimum Gasteiger partial charge on any atom is -0.463 e. The number of carbonyl (C=O) groups is 2. The third-order valence-electron chi connectivity index (χ3n) is 14.4. The van der Waals surface area contributed by atoms with Gasteiger partial charge in [0, 0.05) is 57.0 Å². The van der Waals surface area contributed by atoms with Crippen LogP contribution < -0.4 is 22.4 Å². The first kappa shape index (κ1) is 57.1. The summed E-state index contributed by atoms with van der Waals surface area (Å²) in [7, 11) is 0. The van der Waals surface area contributed by atoms with E-state index in [0.29, 0.717) is 59.7 Å². The molecule has 0 saturated heterocycles. The number of hydrogen-bond donors (Lipinski definition) is 1. The number of nitrogens with one attached hydrogen (secondary N) is 1. The first-order chi connectivity index (χ1) is 41.5. The number of furan rings is 2. The van der Waals surface area contributed by atoms with E-state index in [4.69, 9.17) is 27.1 Å². The highest BCUT2D eigenvalue weighted by Gasteiger charge is 2.28. The number of ether oxygens (including phenoxy) is 2. The first-order valence-electron chi connectivity index (χ1n) is 26.5. The molecule has 4 aromatic carbocycles. The Morgan fingerprint density at radius 2 is 1.08 bits per heavy atom. The van der Waals surface area contributed by atoms with Gasteiger partial charge in [0.25, 0.3) is 11.1 Å². The summed E-state index contributed by atoms with van der Waals surface area (Å²) in [5.74, 6) is -3.05. The van der Waals surface area contributed by atoms with E-state index in [1.165, 1.54) is 76.9 Å². The molecule has 0 saturated carbocycles. The molecule has 0 aliphatic rings. The SMILES string of the molecule is CC(C)(C)C(=O)OCn1cnc2cc(F)c(CBr)cc2c1=O.CC(C)(C)C(=O)OCn1cnc2cc(F)c(Cn3c4cc(F)c5ccoc5c4c4c5cccnc5oc(=O)c43)cc2c1=O.O=c1oc2ncccc2c2c1[nH]c1cc(F)c3ccoc3c12. The van der Waals surface area contributed by atoms with Gasteiger partial charge in [0.15, 0.2) is 13.5 Å². The molecule has 0 atom stereocenters. The highest BCUT2D eigenvalue weighted by atomic mass is 79.9. The number of nitrogens with zero attached hydrogens (tertiary/aromatic N) is 7. The molecular weight excluding hydrogens is 1200 g/mol. The Kier molecular flexibility index (Phi) is 14.2. The lowest BCUT2D eigenvalue weighted by Gasteiger charge is -2.17. The molecule has 10 aromatic heterocycles. The van der Waals surface area contributed by atoms with Gasteiger partial charge in [-0.15, -0.1) is 0 Å². The zero-order valence-electron chi connectivity index (χ0n) is 46.6. The van der Waals surface area contributed by atoms with Crippen LogP contribution in [0.4, 0.5) is 17.6 Å². The average Bonchev–Trinajstić information content (AvgIpc) is 1.60. The van der Waals surface area contributed by atoms with Crippen molar-refractivity contribution in [3.05, 3.63) is 186 Å². The normalized spacial score (nSPS) is 12.1. The van der Waals surface area contributed by atoms with Gasteiger partial charge < -0.3 is 36.7 Å². The van der Waals surface area contributed by atoms with Gasteiger partial charge in [0.05, 0.1) is 84.3 Å². The number of aromatic nitrogens is 8. The highest BCUT2D eigenvalue weighted by Crippen LogP contribution is 2.40. The van der Waals surface area contributed by atoms with Gasteiger partial charge >= 0.3 is 23.2 Å². The molecule has 1 N–H and O–H groups in total. The maximum atomic E-state index is 15.5. The van der Waals surface area contributed by atoms with Crippen molar-refractivity contribution >= 4 is 137 Å². The van der Waals surface area contributed by atoms with Gasteiger partial charge in [0.1, 0.15) is 58.1 Å². The van der Waals surface area contributed by atoms with E-state index in [-0.39, 0.29) is 91.9 Å². The topological polar surface area (TPSA) is 256 Å². The number of hydrogen-bond acceptors (Lipinski definition) is 16. The van der Waals surface area contributed by atoms with E-state index < -0.39 is 62.8 Å². The smallest absolute Gasteiger partial charge is 0.362 e. The van der Waals surface area contributed by atoms with Crippen LogP contribution in [0.25, 0.3) is 110 Å². The maximum Gasteiger partial charge on any atom is 0.362 e. The number of alkyl halides is 1. The van der Waals surface area contributed by atoms with Crippen LogP contribution in [0.1, 0.15) is 52.7 Å². The van der Waals surface area contributed by atoms with Crippen LogP contribution in [0.5, 0.6) is 0 Å². The molecule has 0 aliphatic carbocycles. The summed E-state index contributed by atoms with van der Waals surface area (Å²) in [6.45, 7) is 9.36. The van der Waals surface area contributed by atoms with Gasteiger partial charge in [0.2, 0.25) is 11.4 Å². The fourth-order valence-corrected chi connectivity index (χ4v) is 10.5. The predicted molar refractivity (Wildman–Crippen MR) is 317 cm³/mol. The Labute approximate surface area is 492 Å². The number of esters is 2. The first-order valence-corrected chi connectivity index (χ1v) is 27.7. The van der Waals surface area contributed by atoms with Crippen LogP contribution in [-0.2, 0) is 44.4 Å². The van der Waals surface area contributed by atoms with Crippen molar-refractivity contribution in [1.82, 2.24) is 38.6 Å². The van der Waals surface area contributed by atoms with Gasteiger partial charge in [-0.3, -0.25) is 28.3 Å². The molecule has 14 aromatic rings. The van der Waals surface area contributed by atoms with Crippen LogP contribution >= 0.6 is 15.9 Å². The summed E-state index contributed by atoms with van der Waals surface area (Å²) in [6, 6.07) is 17.7. The lowest BCUT2D eigenvalue weighted by Crippen LogP contribution is -2.28. The number of aromatic amines is 1. The number of fused-ring (bicyclic) bond motifs is 16. The standard InChI is InChI=1S/C31H22F2N4O6.C16H7FN2O3.C15H16BrFN2O3/c1-31(2,3)30(40)42-14-36-13-35-21-10-19(32)15(9-18(21)28(36)38)12-37-22-11-20(33)16-6-8-41-26(16)24(22)23-17-5-4-7-34-27(17)43-29(39)25(23)37;17-9-6-10-12(14-7(9)3-5-21-14)11-8-2-1-4-18-15(8)22-16(20)13(11)19-10;1-15(2,3)14(21)22-8-19-7-18-12-5-11(17)9(6-16)4-10(12)13(19)20/h4-11,13H,12,14H2,1-3H3;1-6,19H;4-5,7H,6,8H2,1-3H3. The van der Waals surface area contributed by atoms with Gasteiger partial charge in [-0.25, -0.2) is 47.1 Å². The van der Waals surface area contributed by atoms with Crippen molar-refractivity contribution in [1.29, 1.82) is 0 Å². The third-order valence-corrected chi connectivity index (χ3v) is 15.0. The predicted octanol–water partition coefficient (Wildman–Crippen LogP) is 12.3. The molecule has 0 aliphatic heterocycles. The monoisotopic (exact) mass is 1250 g/mol. The minimum atomic E-state index is -0.777. The summed E-state index contributed by atoms with van der Waals surface area (Å²) in [5, 5.41) is 4.53.